The van der Waals surface area contributed by atoms with Crippen LogP contribution in [0.5, 0.6) is 17.2 Å². The van der Waals surface area contributed by atoms with E-state index in [-0.39, 0.29) is 12.4 Å². The largest absolute Gasteiger partial charge is 0.504 e. The molecular formula is C23H24N2O4. The Morgan fingerprint density at radius 2 is 1.62 bits per heavy atom. The van der Waals surface area contributed by atoms with Crippen molar-refractivity contribution in [2.75, 3.05) is 26.3 Å². The van der Waals surface area contributed by atoms with Crippen molar-refractivity contribution in [1.29, 1.82) is 0 Å². The summed E-state index contributed by atoms with van der Waals surface area (Å²) in [5.41, 5.74) is 2.07. The summed E-state index contributed by atoms with van der Waals surface area (Å²) in [5.74, 6) is 1.32. The molecule has 3 aromatic carbocycles. The molecule has 6 nitrogen and oxygen atoms in total. The van der Waals surface area contributed by atoms with Gasteiger partial charge < -0.3 is 30.0 Å². The predicted octanol–water partition coefficient (Wildman–Crippen LogP) is 3.44. The van der Waals surface area contributed by atoms with E-state index in [1.54, 1.807) is 24.3 Å². The molecule has 0 bridgehead atoms. The van der Waals surface area contributed by atoms with Crippen molar-refractivity contribution in [2.24, 2.45) is 0 Å². The number of H-pyrrole nitrogens is 1. The molecule has 4 N–H and O–H groups in total. The zero-order chi connectivity index (χ0) is 20.1. The van der Waals surface area contributed by atoms with Crippen LogP contribution in [0.25, 0.3) is 21.8 Å². The van der Waals surface area contributed by atoms with E-state index in [9.17, 15) is 10.2 Å². The van der Waals surface area contributed by atoms with Gasteiger partial charge in [-0.05, 0) is 30.3 Å². The molecule has 0 saturated heterocycles. The molecule has 0 unspecified atom stereocenters. The monoisotopic (exact) mass is 392 g/mol. The number of benzene rings is 3. The van der Waals surface area contributed by atoms with Crippen molar-refractivity contribution in [2.45, 2.75) is 6.10 Å². The smallest absolute Gasteiger partial charge is 0.160 e. The van der Waals surface area contributed by atoms with Crippen LogP contribution in [0, 0.1) is 0 Å². The minimum atomic E-state index is -0.652. The third-order valence-corrected chi connectivity index (χ3v) is 4.70. The molecule has 4 rings (SSSR count). The average Bonchev–Trinajstić information content (AvgIpc) is 3.12. The molecule has 150 valence electrons. The van der Waals surface area contributed by atoms with E-state index in [0.717, 1.165) is 27.6 Å². The van der Waals surface area contributed by atoms with Gasteiger partial charge in [0.25, 0.3) is 0 Å². The summed E-state index contributed by atoms with van der Waals surface area (Å²) in [6.45, 7) is 1.50. The Balaban J connectivity index is 1.27. The van der Waals surface area contributed by atoms with Crippen LogP contribution in [0.3, 0.4) is 0 Å². The van der Waals surface area contributed by atoms with Gasteiger partial charge in [-0.3, -0.25) is 0 Å². The summed E-state index contributed by atoms with van der Waals surface area (Å²) in [6.07, 6.45) is -0.652. The molecule has 0 aliphatic heterocycles. The molecule has 0 aliphatic rings. The Morgan fingerprint density at radius 3 is 2.52 bits per heavy atom. The number of hydrogen-bond donors (Lipinski definition) is 4. The quantitative estimate of drug-likeness (QED) is 0.328. The number of aliphatic hydroxyl groups excluding tert-OH is 1. The summed E-state index contributed by atoms with van der Waals surface area (Å²) < 4.78 is 11.4. The highest BCUT2D eigenvalue weighted by atomic mass is 16.5. The third kappa shape index (κ3) is 4.45. The molecule has 1 heterocycles. The minimum Gasteiger partial charge on any atom is -0.504 e. The Bertz CT molecular complexity index is 1090. The van der Waals surface area contributed by atoms with Crippen LogP contribution in [0.15, 0.2) is 66.7 Å². The van der Waals surface area contributed by atoms with Crippen LogP contribution < -0.4 is 14.8 Å². The number of ether oxygens (including phenoxy) is 2. The third-order valence-electron chi connectivity index (χ3n) is 4.70. The highest BCUT2D eigenvalue weighted by Gasteiger charge is 2.11. The Morgan fingerprint density at radius 1 is 0.862 bits per heavy atom. The standard InChI is InChI=1S/C23H24N2O4/c26-16(14-24-12-13-28-21-10-4-3-9-20(21)27)15-29-22-11-5-8-19-23(22)17-6-1-2-7-18(17)25-19/h1-11,16,24-27H,12-15H2/t16-/m0/s1. The van der Waals surface area contributed by atoms with E-state index in [4.69, 9.17) is 9.47 Å². The van der Waals surface area contributed by atoms with E-state index in [1.165, 1.54) is 0 Å². The molecule has 0 saturated carbocycles. The van der Waals surface area contributed by atoms with E-state index in [2.05, 4.69) is 16.4 Å². The number of aromatic amines is 1. The van der Waals surface area contributed by atoms with Crippen LogP contribution >= 0.6 is 0 Å². The summed E-state index contributed by atoms with van der Waals surface area (Å²) in [7, 11) is 0. The predicted molar refractivity (Wildman–Crippen MR) is 114 cm³/mol. The van der Waals surface area contributed by atoms with Gasteiger partial charge in [0.15, 0.2) is 11.5 Å². The molecule has 29 heavy (non-hydrogen) atoms. The van der Waals surface area contributed by atoms with Gasteiger partial charge in [-0.2, -0.15) is 0 Å². The maximum Gasteiger partial charge on any atom is 0.160 e. The zero-order valence-electron chi connectivity index (χ0n) is 16.0. The summed E-state index contributed by atoms with van der Waals surface area (Å²) >= 11 is 0. The molecule has 1 atom stereocenters. The molecule has 0 aliphatic carbocycles. The van der Waals surface area contributed by atoms with E-state index in [0.29, 0.717) is 25.4 Å². The van der Waals surface area contributed by atoms with Crippen molar-refractivity contribution in [1.82, 2.24) is 10.3 Å². The second-order valence-corrected chi connectivity index (χ2v) is 6.83. The van der Waals surface area contributed by atoms with Crippen LogP contribution in [-0.4, -0.2) is 47.6 Å². The first-order valence-electron chi connectivity index (χ1n) is 9.64. The number of aliphatic hydroxyl groups is 1. The molecule has 0 amide bonds. The lowest BCUT2D eigenvalue weighted by molar-refractivity contribution is 0.106. The molecule has 4 aromatic rings. The zero-order valence-corrected chi connectivity index (χ0v) is 16.0. The van der Waals surface area contributed by atoms with Crippen LogP contribution in [0.4, 0.5) is 0 Å². The van der Waals surface area contributed by atoms with E-state index >= 15 is 0 Å². The molecular weight excluding hydrogens is 368 g/mol. The summed E-state index contributed by atoms with van der Waals surface area (Å²) in [6, 6.07) is 20.8. The van der Waals surface area contributed by atoms with Gasteiger partial charge in [0.1, 0.15) is 25.1 Å². The van der Waals surface area contributed by atoms with Crippen molar-refractivity contribution in [3.05, 3.63) is 66.7 Å². The van der Waals surface area contributed by atoms with Gasteiger partial charge in [0.2, 0.25) is 0 Å². The van der Waals surface area contributed by atoms with Crippen molar-refractivity contribution < 1.29 is 19.7 Å². The average molecular weight is 392 g/mol. The first-order chi connectivity index (χ1) is 14.2. The van der Waals surface area contributed by atoms with E-state index < -0.39 is 6.10 Å². The Labute approximate surface area is 168 Å². The number of aromatic hydroxyl groups is 1. The second-order valence-electron chi connectivity index (χ2n) is 6.83. The first-order valence-corrected chi connectivity index (χ1v) is 9.64. The molecule has 6 heteroatoms. The van der Waals surface area contributed by atoms with E-state index in [1.807, 2.05) is 36.4 Å². The van der Waals surface area contributed by atoms with Gasteiger partial charge in [-0.15, -0.1) is 0 Å². The van der Waals surface area contributed by atoms with Gasteiger partial charge in [0.05, 0.1) is 5.52 Å². The van der Waals surface area contributed by atoms with Crippen LogP contribution in [-0.2, 0) is 0 Å². The van der Waals surface area contributed by atoms with Crippen LogP contribution in [0.1, 0.15) is 0 Å². The number of aromatic nitrogens is 1. The Kier molecular flexibility index (Phi) is 5.84. The van der Waals surface area contributed by atoms with Gasteiger partial charge in [-0.1, -0.05) is 36.4 Å². The van der Waals surface area contributed by atoms with Gasteiger partial charge >= 0.3 is 0 Å². The summed E-state index contributed by atoms with van der Waals surface area (Å²) in [5, 5.41) is 25.1. The lowest BCUT2D eigenvalue weighted by atomic mass is 10.1. The van der Waals surface area contributed by atoms with Crippen molar-refractivity contribution >= 4 is 21.8 Å². The SMILES string of the molecule is Oc1ccccc1OCCNC[C@H](O)COc1cccc2[nH]c3ccccc3c12. The van der Waals surface area contributed by atoms with Crippen molar-refractivity contribution in [3.8, 4) is 17.2 Å². The minimum absolute atomic E-state index is 0.118. The fraction of sp³-hybridized carbons (Fsp3) is 0.217. The molecule has 1 aromatic heterocycles. The maximum atomic E-state index is 10.2. The fourth-order valence-electron chi connectivity index (χ4n) is 3.31. The second kappa shape index (κ2) is 8.86. The number of phenols is 1. The molecule has 0 radical (unpaired) electrons. The topological polar surface area (TPSA) is 86.7 Å². The number of para-hydroxylation sites is 3. The first kappa shape index (κ1) is 19.1. The number of hydrogen-bond acceptors (Lipinski definition) is 5. The van der Waals surface area contributed by atoms with Crippen molar-refractivity contribution in [3.63, 3.8) is 0 Å². The number of rotatable bonds is 9. The highest BCUT2D eigenvalue weighted by molar-refractivity contribution is 6.10. The summed E-state index contributed by atoms with van der Waals surface area (Å²) in [4.78, 5) is 3.39. The Hall–Kier alpha value is -3.22. The van der Waals surface area contributed by atoms with Crippen LogP contribution in [0.2, 0.25) is 0 Å². The lowest BCUT2D eigenvalue weighted by Crippen LogP contribution is -2.33. The number of fused-ring (bicyclic) bond motifs is 3. The number of phenolic OH excluding ortho intramolecular Hbond substituents is 1. The van der Waals surface area contributed by atoms with Gasteiger partial charge in [0, 0.05) is 29.4 Å². The molecule has 0 fully saturated rings. The molecule has 0 spiro atoms. The fourth-order valence-corrected chi connectivity index (χ4v) is 3.31. The lowest BCUT2D eigenvalue weighted by Gasteiger charge is -2.14. The van der Waals surface area contributed by atoms with Gasteiger partial charge in [-0.25, -0.2) is 0 Å². The maximum absolute atomic E-state index is 10.2. The normalized spacial score (nSPS) is 12.3. The number of nitrogens with one attached hydrogen (secondary N) is 2. The highest BCUT2D eigenvalue weighted by Crippen LogP contribution is 2.33.